The maximum Gasteiger partial charge on any atom is 0.258 e. The molecule has 0 saturated carbocycles. The summed E-state index contributed by atoms with van der Waals surface area (Å²) < 4.78 is 25.2. The SMILES string of the molecule is CCNS(=O)(=O)c1ccc(CCl)cn1. The Balaban J connectivity index is 2.97. The molecular formula is C8H11ClN2O2S. The van der Waals surface area contributed by atoms with Crippen LogP contribution in [-0.4, -0.2) is 19.9 Å². The van der Waals surface area contributed by atoms with E-state index in [9.17, 15) is 8.42 Å². The van der Waals surface area contributed by atoms with Crippen LogP contribution in [0.15, 0.2) is 23.4 Å². The molecule has 78 valence electrons. The first-order valence-corrected chi connectivity index (χ1v) is 6.12. The Morgan fingerprint density at radius 3 is 2.64 bits per heavy atom. The number of nitrogens with zero attached hydrogens (tertiary/aromatic N) is 1. The van der Waals surface area contributed by atoms with E-state index < -0.39 is 10.0 Å². The molecule has 0 amide bonds. The third-order valence-corrected chi connectivity index (χ3v) is 3.33. The van der Waals surface area contributed by atoms with Gasteiger partial charge < -0.3 is 0 Å². The van der Waals surface area contributed by atoms with Crippen molar-refractivity contribution in [2.45, 2.75) is 17.8 Å². The highest BCUT2D eigenvalue weighted by atomic mass is 35.5. The van der Waals surface area contributed by atoms with Gasteiger partial charge in [-0.3, -0.25) is 0 Å². The van der Waals surface area contributed by atoms with Crippen LogP contribution in [0.5, 0.6) is 0 Å². The van der Waals surface area contributed by atoms with Crippen molar-refractivity contribution in [3.05, 3.63) is 23.9 Å². The Bertz CT molecular complexity index is 388. The lowest BCUT2D eigenvalue weighted by molar-refractivity contribution is 0.580. The topological polar surface area (TPSA) is 59.1 Å². The predicted molar refractivity (Wildman–Crippen MR) is 54.7 cm³/mol. The number of hydrogen-bond acceptors (Lipinski definition) is 3. The van der Waals surface area contributed by atoms with Crippen molar-refractivity contribution in [3.63, 3.8) is 0 Å². The number of sulfonamides is 1. The quantitative estimate of drug-likeness (QED) is 0.795. The van der Waals surface area contributed by atoms with E-state index in [0.717, 1.165) is 5.56 Å². The van der Waals surface area contributed by atoms with Crippen molar-refractivity contribution in [2.24, 2.45) is 0 Å². The van der Waals surface area contributed by atoms with Crippen LogP contribution in [0.2, 0.25) is 0 Å². The molecule has 1 rings (SSSR count). The van der Waals surface area contributed by atoms with Crippen LogP contribution in [0, 0.1) is 0 Å². The zero-order chi connectivity index (χ0) is 10.6. The minimum absolute atomic E-state index is 0.0215. The first kappa shape index (κ1) is 11.4. The molecule has 6 heteroatoms. The molecule has 0 radical (unpaired) electrons. The van der Waals surface area contributed by atoms with Crippen molar-refractivity contribution in [1.82, 2.24) is 9.71 Å². The van der Waals surface area contributed by atoms with Crippen molar-refractivity contribution >= 4 is 21.6 Å². The van der Waals surface area contributed by atoms with E-state index in [1.165, 1.54) is 12.3 Å². The molecule has 0 bridgehead atoms. The highest BCUT2D eigenvalue weighted by Gasteiger charge is 2.13. The van der Waals surface area contributed by atoms with Crippen LogP contribution in [-0.2, 0) is 15.9 Å². The molecule has 0 spiro atoms. The van der Waals surface area contributed by atoms with Crippen LogP contribution in [0.3, 0.4) is 0 Å². The zero-order valence-electron chi connectivity index (χ0n) is 7.70. The van der Waals surface area contributed by atoms with Crippen molar-refractivity contribution in [3.8, 4) is 0 Å². The lowest BCUT2D eigenvalue weighted by Crippen LogP contribution is -2.24. The molecule has 0 atom stereocenters. The minimum Gasteiger partial charge on any atom is -0.243 e. The van der Waals surface area contributed by atoms with Crippen LogP contribution < -0.4 is 4.72 Å². The van der Waals surface area contributed by atoms with Gasteiger partial charge in [-0.15, -0.1) is 11.6 Å². The summed E-state index contributed by atoms with van der Waals surface area (Å²) in [5, 5.41) is 0.0215. The third kappa shape index (κ3) is 2.67. The van der Waals surface area contributed by atoms with E-state index >= 15 is 0 Å². The molecule has 0 aliphatic heterocycles. The zero-order valence-corrected chi connectivity index (χ0v) is 9.27. The summed E-state index contributed by atoms with van der Waals surface area (Å²) in [7, 11) is -3.44. The Labute approximate surface area is 88.4 Å². The van der Waals surface area contributed by atoms with Gasteiger partial charge in [-0.1, -0.05) is 13.0 Å². The highest BCUT2D eigenvalue weighted by Crippen LogP contribution is 2.07. The fraction of sp³-hybridized carbons (Fsp3) is 0.375. The largest absolute Gasteiger partial charge is 0.258 e. The van der Waals surface area contributed by atoms with Crippen molar-refractivity contribution in [2.75, 3.05) is 6.54 Å². The summed E-state index contributed by atoms with van der Waals surface area (Å²) in [6, 6.07) is 3.08. The lowest BCUT2D eigenvalue weighted by atomic mass is 10.3. The second-order valence-electron chi connectivity index (χ2n) is 2.64. The fourth-order valence-electron chi connectivity index (χ4n) is 0.913. The minimum atomic E-state index is -3.44. The van der Waals surface area contributed by atoms with E-state index in [0.29, 0.717) is 12.4 Å². The van der Waals surface area contributed by atoms with Gasteiger partial charge in [0.2, 0.25) is 0 Å². The van der Waals surface area contributed by atoms with Crippen LogP contribution in [0.1, 0.15) is 12.5 Å². The van der Waals surface area contributed by atoms with Crippen molar-refractivity contribution < 1.29 is 8.42 Å². The van der Waals surface area contributed by atoms with Gasteiger partial charge in [-0.25, -0.2) is 18.1 Å². The van der Waals surface area contributed by atoms with E-state index in [1.807, 2.05) is 0 Å². The number of aromatic nitrogens is 1. The standard InChI is InChI=1S/C8H11ClN2O2S/c1-2-11-14(12,13)8-4-3-7(5-9)6-10-8/h3-4,6,11H,2,5H2,1H3. The highest BCUT2D eigenvalue weighted by molar-refractivity contribution is 7.89. The van der Waals surface area contributed by atoms with Gasteiger partial charge in [0.15, 0.2) is 5.03 Å². The van der Waals surface area contributed by atoms with Crippen LogP contribution in [0.4, 0.5) is 0 Å². The second kappa shape index (κ2) is 4.72. The Morgan fingerprint density at radius 1 is 1.50 bits per heavy atom. The van der Waals surface area contributed by atoms with E-state index in [2.05, 4.69) is 9.71 Å². The number of pyridine rings is 1. The molecule has 0 aliphatic rings. The summed E-state index contributed by atoms with van der Waals surface area (Å²) in [6.07, 6.45) is 1.46. The van der Waals surface area contributed by atoms with Gasteiger partial charge in [0.25, 0.3) is 10.0 Å². The molecule has 1 heterocycles. The average molecular weight is 235 g/mol. The molecule has 1 aromatic heterocycles. The van der Waals surface area contributed by atoms with Gasteiger partial charge in [-0.05, 0) is 11.6 Å². The molecule has 0 aromatic carbocycles. The Morgan fingerprint density at radius 2 is 2.21 bits per heavy atom. The number of nitrogens with one attached hydrogen (secondary N) is 1. The molecule has 1 aromatic rings. The van der Waals surface area contributed by atoms with Crippen LogP contribution in [0.25, 0.3) is 0 Å². The van der Waals surface area contributed by atoms with Gasteiger partial charge in [0.1, 0.15) is 0 Å². The van der Waals surface area contributed by atoms with Crippen molar-refractivity contribution in [1.29, 1.82) is 0 Å². The normalized spacial score (nSPS) is 11.6. The summed E-state index contributed by atoms with van der Waals surface area (Å²) >= 11 is 5.55. The van der Waals surface area contributed by atoms with Crippen LogP contribution >= 0.6 is 11.6 Å². The molecule has 0 saturated heterocycles. The summed E-state index contributed by atoms with van der Waals surface area (Å²) in [4.78, 5) is 3.80. The number of alkyl halides is 1. The molecular weight excluding hydrogens is 224 g/mol. The smallest absolute Gasteiger partial charge is 0.243 e. The first-order chi connectivity index (χ1) is 6.60. The first-order valence-electron chi connectivity index (χ1n) is 4.10. The molecule has 0 unspecified atom stereocenters. The maximum absolute atomic E-state index is 11.4. The Hall–Kier alpha value is -0.650. The van der Waals surface area contributed by atoms with Gasteiger partial charge >= 0.3 is 0 Å². The monoisotopic (exact) mass is 234 g/mol. The molecule has 14 heavy (non-hydrogen) atoms. The fourth-order valence-corrected chi connectivity index (χ4v) is 2.04. The van der Waals surface area contributed by atoms with E-state index in [1.54, 1.807) is 13.0 Å². The van der Waals surface area contributed by atoms with Gasteiger partial charge in [0, 0.05) is 18.6 Å². The summed E-state index contributed by atoms with van der Waals surface area (Å²) in [5.41, 5.74) is 0.794. The summed E-state index contributed by atoms with van der Waals surface area (Å²) in [6.45, 7) is 2.06. The molecule has 1 N–H and O–H groups in total. The molecule has 4 nitrogen and oxygen atoms in total. The average Bonchev–Trinajstić information content (AvgIpc) is 2.18. The second-order valence-corrected chi connectivity index (χ2v) is 4.62. The predicted octanol–water partition coefficient (Wildman–Crippen LogP) is 1.12. The van der Waals surface area contributed by atoms with E-state index in [-0.39, 0.29) is 5.03 Å². The molecule has 0 aliphatic carbocycles. The van der Waals surface area contributed by atoms with Gasteiger partial charge in [0.05, 0.1) is 0 Å². The lowest BCUT2D eigenvalue weighted by Gasteiger charge is -2.03. The maximum atomic E-state index is 11.4. The number of hydrogen-bond donors (Lipinski definition) is 1. The summed E-state index contributed by atoms with van der Waals surface area (Å²) in [5.74, 6) is 0.328. The van der Waals surface area contributed by atoms with E-state index in [4.69, 9.17) is 11.6 Å². The van der Waals surface area contributed by atoms with Gasteiger partial charge in [-0.2, -0.15) is 0 Å². The molecule has 0 fully saturated rings. The Kier molecular flexibility index (Phi) is 3.86. The third-order valence-electron chi connectivity index (χ3n) is 1.56. The number of halogens is 1. The number of rotatable bonds is 4.